The summed E-state index contributed by atoms with van der Waals surface area (Å²) in [6.07, 6.45) is 1.26. The van der Waals surface area contributed by atoms with Crippen molar-refractivity contribution in [2.75, 3.05) is 11.1 Å². The number of nitrogens with one attached hydrogen (secondary N) is 4. The lowest BCUT2D eigenvalue weighted by Crippen LogP contribution is -2.34. The van der Waals surface area contributed by atoms with Crippen molar-refractivity contribution in [3.63, 3.8) is 0 Å². The number of hydrogen-bond donors (Lipinski definition) is 6. The average molecular weight is 1100 g/mol. The standard InChI is InChI=1S/C25H17FN2O3.C22H17FN6O.C17H15FN2O/c1-14(28-24(30)17-9-5-6-10-18(17)25(28)31)22-21(15-7-3-2-4-8-15)23(29)19-13-16(26)11-12-20(19)27-22;1-12(28-22-16(10-24)21(25)26-11-27-22)19-18(13-5-3-2-4-6-13)20(30)15-9-14(23)7-8-17(15)29-19;1-10(19)16-15(11-5-3-2-4-6-11)17(21)13-9-12(18)7-8-14(13)20-16/h2-14H,1H3,(H,27,29);2-9,11-12H,1H3,(H,29,30)(H3,25,26,27,28);2-10H,19H2,1H3,(H,20,21). The maximum atomic E-state index is 13.9. The highest BCUT2D eigenvalue weighted by Gasteiger charge is 2.40. The van der Waals surface area contributed by atoms with Crippen molar-refractivity contribution < 1.29 is 22.8 Å². The smallest absolute Gasteiger partial charge is 0.262 e. The third-order valence-corrected chi connectivity index (χ3v) is 14.0. The van der Waals surface area contributed by atoms with E-state index in [1.807, 2.05) is 86.6 Å². The number of amides is 2. The lowest BCUT2D eigenvalue weighted by Gasteiger charge is -2.25. The molecular weight excluding hydrogens is 1050 g/mol. The molecule has 82 heavy (non-hydrogen) atoms. The van der Waals surface area contributed by atoms with Gasteiger partial charge in [-0.2, -0.15) is 5.26 Å². The lowest BCUT2D eigenvalue weighted by atomic mass is 9.97. The van der Waals surface area contributed by atoms with Gasteiger partial charge in [-0.05, 0) is 104 Å². The SMILES string of the molecule is CC(N)c1[nH]c2ccc(F)cc2c(=O)c1-c1ccccc1.CC(Nc1ncnc(N)c1C#N)c1[nH]c2ccc(F)cc2c(=O)c1-c1ccccc1.CC(c1[nH]c2ccc(F)cc2c(=O)c1-c1ccccc1)N1C(=O)c2ccccc2C1=O. The van der Waals surface area contributed by atoms with Crippen LogP contribution in [-0.4, -0.2) is 41.6 Å². The van der Waals surface area contributed by atoms with Crippen LogP contribution in [0.5, 0.6) is 0 Å². The molecule has 4 aromatic heterocycles. The number of hydrogen-bond acceptors (Lipinski definition) is 11. The van der Waals surface area contributed by atoms with Crippen molar-refractivity contribution in [3.05, 3.63) is 258 Å². The number of rotatable bonds is 9. The van der Waals surface area contributed by atoms with E-state index in [-0.39, 0.29) is 50.3 Å². The molecule has 0 fully saturated rings. The molecule has 0 spiro atoms. The molecule has 0 bridgehead atoms. The number of carbonyl (C=O) groups excluding carboxylic acids is 2. The molecule has 0 saturated heterocycles. The van der Waals surface area contributed by atoms with Gasteiger partial charge in [0.1, 0.15) is 47.0 Å². The van der Waals surface area contributed by atoms with Crippen molar-refractivity contribution in [2.45, 2.75) is 38.9 Å². The molecule has 11 aromatic rings. The van der Waals surface area contributed by atoms with Crippen LogP contribution in [0.25, 0.3) is 66.1 Å². The number of nitrogens with two attached hydrogens (primary N) is 2. The normalized spacial score (nSPS) is 12.9. The minimum Gasteiger partial charge on any atom is -0.382 e. The molecule has 1 aliphatic rings. The topological polar surface area (TPSA) is 250 Å². The van der Waals surface area contributed by atoms with Gasteiger partial charge in [-0.3, -0.25) is 28.9 Å². The maximum Gasteiger partial charge on any atom is 0.262 e. The first-order valence-electron chi connectivity index (χ1n) is 25.8. The Balaban J connectivity index is 0.000000140. The highest BCUT2D eigenvalue weighted by Crippen LogP contribution is 2.36. The number of halogens is 3. The molecular formula is C64H49F3N10O5. The Morgan fingerprint density at radius 2 is 0.902 bits per heavy atom. The van der Waals surface area contributed by atoms with Gasteiger partial charge >= 0.3 is 0 Å². The first-order chi connectivity index (χ1) is 39.5. The molecule has 5 heterocycles. The average Bonchev–Trinajstić information content (AvgIpc) is 3.22. The van der Waals surface area contributed by atoms with E-state index >= 15 is 0 Å². The van der Waals surface area contributed by atoms with E-state index < -0.39 is 41.3 Å². The molecule has 0 aliphatic carbocycles. The fourth-order valence-corrected chi connectivity index (χ4v) is 10.1. The van der Waals surface area contributed by atoms with Crippen molar-refractivity contribution in [3.8, 4) is 39.4 Å². The van der Waals surface area contributed by atoms with Gasteiger partial charge in [0.05, 0.1) is 45.6 Å². The van der Waals surface area contributed by atoms with Crippen LogP contribution in [0, 0.1) is 28.8 Å². The number of pyridine rings is 3. The van der Waals surface area contributed by atoms with Crippen LogP contribution in [0.2, 0.25) is 0 Å². The molecule has 18 heteroatoms. The van der Waals surface area contributed by atoms with E-state index in [2.05, 4.69) is 30.2 Å². The Labute approximate surface area is 465 Å². The summed E-state index contributed by atoms with van der Waals surface area (Å²) in [5.74, 6) is -1.93. The number of anilines is 2. The van der Waals surface area contributed by atoms with E-state index in [1.165, 1.54) is 54.9 Å². The third kappa shape index (κ3) is 10.5. The second kappa shape index (κ2) is 22.9. The van der Waals surface area contributed by atoms with E-state index in [9.17, 15) is 42.4 Å². The number of imide groups is 1. The first kappa shape index (κ1) is 54.6. The number of aromatic amines is 3. The Hall–Kier alpha value is -10.8. The number of nitrogen functional groups attached to an aromatic ring is 1. The van der Waals surface area contributed by atoms with Crippen LogP contribution in [0.4, 0.5) is 24.8 Å². The molecule has 8 N–H and O–H groups in total. The van der Waals surface area contributed by atoms with Crippen molar-refractivity contribution in [2.24, 2.45) is 5.73 Å². The number of H-pyrrole nitrogens is 3. The Kier molecular flexibility index (Phi) is 15.2. The molecule has 3 atom stereocenters. The van der Waals surface area contributed by atoms with Crippen molar-refractivity contribution >= 4 is 56.2 Å². The van der Waals surface area contributed by atoms with E-state index in [1.54, 1.807) is 61.5 Å². The quantitative estimate of drug-likeness (QED) is 0.0742. The van der Waals surface area contributed by atoms with Crippen molar-refractivity contribution in [1.29, 1.82) is 5.26 Å². The number of benzene rings is 7. The molecule has 406 valence electrons. The second-order valence-corrected chi connectivity index (χ2v) is 19.3. The number of fused-ring (bicyclic) bond motifs is 4. The number of aromatic nitrogens is 5. The molecule has 0 saturated carbocycles. The molecule has 7 aromatic carbocycles. The van der Waals surface area contributed by atoms with Gasteiger partial charge < -0.3 is 31.7 Å². The molecule has 3 unspecified atom stereocenters. The van der Waals surface area contributed by atoms with Crippen LogP contribution in [0.1, 0.15) is 82.3 Å². The summed E-state index contributed by atoms with van der Waals surface area (Å²) in [6.45, 7) is 5.34. The molecule has 0 radical (unpaired) electrons. The summed E-state index contributed by atoms with van der Waals surface area (Å²) in [7, 11) is 0. The summed E-state index contributed by atoms with van der Waals surface area (Å²) in [6, 6.07) is 46.6. The van der Waals surface area contributed by atoms with Crippen molar-refractivity contribution in [1.82, 2.24) is 29.8 Å². The number of nitriles is 1. The van der Waals surface area contributed by atoms with E-state index in [0.29, 0.717) is 78.0 Å². The fourth-order valence-electron chi connectivity index (χ4n) is 10.1. The van der Waals surface area contributed by atoms with Gasteiger partial charge in [-0.1, -0.05) is 103 Å². The van der Waals surface area contributed by atoms with E-state index in [4.69, 9.17) is 11.5 Å². The predicted molar refractivity (Wildman–Crippen MR) is 311 cm³/mol. The summed E-state index contributed by atoms with van der Waals surface area (Å²) in [4.78, 5) is 84.3. The van der Waals surface area contributed by atoms with Crippen LogP contribution in [-0.2, 0) is 0 Å². The highest BCUT2D eigenvalue weighted by atomic mass is 19.1. The third-order valence-electron chi connectivity index (χ3n) is 14.0. The zero-order valence-electron chi connectivity index (χ0n) is 44.1. The summed E-state index contributed by atoms with van der Waals surface area (Å²) >= 11 is 0. The Morgan fingerprint density at radius 3 is 1.32 bits per heavy atom. The van der Waals surface area contributed by atoms with Gasteiger partial charge in [-0.25, -0.2) is 23.1 Å². The van der Waals surface area contributed by atoms with Gasteiger partial charge in [-0.15, -0.1) is 0 Å². The highest BCUT2D eigenvalue weighted by molar-refractivity contribution is 6.21. The maximum absolute atomic E-state index is 13.9. The minimum atomic E-state index is -0.746. The monoisotopic (exact) mass is 1090 g/mol. The number of nitrogens with zero attached hydrogens (tertiary/aromatic N) is 4. The van der Waals surface area contributed by atoms with Gasteiger partial charge in [0, 0.05) is 50.1 Å². The Morgan fingerprint density at radius 1 is 0.524 bits per heavy atom. The Bertz CT molecular complexity index is 4490. The second-order valence-electron chi connectivity index (χ2n) is 19.3. The van der Waals surface area contributed by atoms with Crippen LogP contribution < -0.4 is 33.1 Å². The minimum absolute atomic E-state index is 0.0629. The van der Waals surface area contributed by atoms with Gasteiger partial charge in [0.15, 0.2) is 16.3 Å². The largest absolute Gasteiger partial charge is 0.382 e. The molecule has 2 amide bonds. The zero-order valence-corrected chi connectivity index (χ0v) is 44.1. The summed E-state index contributed by atoms with van der Waals surface area (Å²) in [5.41, 5.74) is 18.2. The van der Waals surface area contributed by atoms with Crippen LogP contribution in [0.15, 0.2) is 191 Å². The first-order valence-corrected chi connectivity index (χ1v) is 25.8. The van der Waals surface area contributed by atoms with Gasteiger partial charge in [0.25, 0.3) is 11.8 Å². The summed E-state index contributed by atoms with van der Waals surface area (Å²) in [5, 5.41) is 13.3. The van der Waals surface area contributed by atoms with Gasteiger partial charge in [0.2, 0.25) is 0 Å². The zero-order chi connectivity index (χ0) is 57.9. The van der Waals surface area contributed by atoms with E-state index in [0.717, 1.165) is 10.5 Å². The van der Waals surface area contributed by atoms with Crippen LogP contribution >= 0.6 is 0 Å². The predicted octanol–water partition coefficient (Wildman–Crippen LogP) is 11.8. The molecule has 15 nitrogen and oxygen atoms in total. The molecule has 12 rings (SSSR count). The molecule has 1 aliphatic heterocycles. The summed E-state index contributed by atoms with van der Waals surface area (Å²) < 4.78 is 41.1. The number of carbonyl (C=O) groups is 2. The fraction of sp³-hybridized carbons (Fsp3) is 0.0938. The lowest BCUT2D eigenvalue weighted by molar-refractivity contribution is 0.0592. The van der Waals surface area contributed by atoms with Crippen LogP contribution in [0.3, 0.4) is 0 Å².